The van der Waals surface area contributed by atoms with Crippen molar-refractivity contribution in [3.8, 4) is 0 Å². The van der Waals surface area contributed by atoms with Crippen molar-refractivity contribution in [1.82, 2.24) is 5.32 Å². The first kappa shape index (κ1) is 10.0. The lowest BCUT2D eigenvalue weighted by Crippen LogP contribution is -2.38. The van der Waals surface area contributed by atoms with Gasteiger partial charge in [0.2, 0.25) is 0 Å². The van der Waals surface area contributed by atoms with Crippen LogP contribution in [0.25, 0.3) is 0 Å². The van der Waals surface area contributed by atoms with Crippen LogP contribution < -0.4 is 5.32 Å². The minimum atomic E-state index is 0.446. The second-order valence-electron chi connectivity index (χ2n) is 4.02. The predicted octanol–water partition coefficient (Wildman–Crippen LogP) is 1.80. The van der Waals surface area contributed by atoms with E-state index in [4.69, 9.17) is 4.74 Å². The smallest absolute Gasteiger partial charge is 0.0530 e. The molecular weight excluding hydrogens is 150 g/mol. The van der Waals surface area contributed by atoms with Crippen molar-refractivity contribution >= 4 is 0 Å². The van der Waals surface area contributed by atoms with Gasteiger partial charge in [0.05, 0.1) is 6.61 Å². The molecule has 0 spiro atoms. The highest BCUT2D eigenvalue weighted by Gasteiger charge is 2.30. The molecule has 0 aromatic carbocycles. The molecule has 1 saturated carbocycles. The number of nitrogens with one attached hydrogen (secondary N) is 1. The average Bonchev–Trinajstić information content (AvgIpc) is 2.07. The molecule has 0 unspecified atom stereocenters. The minimum Gasteiger partial charge on any atom is -0.384 e. The van der Waals surface area contributed by atoms with E-state index in [0.717, 1.165) is 13.2 Å². The first-order valence-electron chi connectivity index (χ1n) is 4.96. The van der Waals surface area contributed by atoms with Crippen molar-refractivity contribution in [2.45, 2.75) is 32.1 Å². The van der Waals surface area contributed by atoms with Gasteiger partial charge in [0.1, 0.15) is 0 Å². The summed E-state index contributed by atoms with van der Waals surface area (Å²) in [4.78, 5) is 0. The Balaban J connectivity index is 2.44. The monoisotopic (exact) mass is 171 g/mol. The average molecular weight is 171 g/mol. The van der Waals surface area contributed by atoms with E-state index in [1.807, 2.05) is 14.2 Å². The molecule has 1 fully saturated rings. The number of hydrogen-bond acceptors (Lipinski definition) is 2. The molecule has 0 saturated heterocycles. The van der Waals surface area contributed by atoms with Crippen LogP contribution in [-0.2, 0) is 4.74 Å². The Hall–Kier alpha value is -0.0800. The fourth-order valence-corrected chi connectivity index (χ4v) is 2.36. The maximum absolute atomic E-state index is 5.30. The maximum Gasteiger partial charge on any atom is 0.0530 e. The Bertz CT molecular complexity index is 103. The van der Waals surface area contributed by atoms with Gasteiger partial charge in [0.15, 0.2) is 0 Å². The van der Waals surface area contributed by atoms with Crippen LogP contribution in [-0.4, -0.2) is 27.3 Å². The zero-order valence-electron chi connectivity index (χ0n) is 8.36. The zero-order valence-corrected chi connectivity index (χ0v) is 8.36. The Kier molecular flexibility index (Phi) is 4.02. The van der Waals surface area contributed by atoms with Crippen LogP contribution in [0.2, 0.25) is 0 Å². The van der Waals surface area contributed by atoms with E-state index in [1.54, 1.807) is 0 Å². The van der Waals surface area contributed by atoms with Gasteiger partial charge >= 0.3 is 0 Å². The number of methoxy groups -OCH3 is 1. The van der Waals surface area contributed by atoms with Gasteiger partial charge in [-0.3, -0.25) is 0 Å². The van der Waals surface area contributed by atoms with E-state index < -0.39 is 0 Å². The van der Waals surface area contributed by atoms with Gasteiger partial charge in [-0.1, -0.05) is 19.3 Å². The summed E-state index contributed by atoms with van der Waals surface area (Å²) in [7, 11) is 3.85. The Morgan fingerprint density at radius 3 is 2.42 bits per heavy atom. The second kappa shape index (κ2) is 4.83. The van der Waals surface area contributed by atoms with Crippen LogP contribution in [0.15, 0.2) is 0 Å². The fourth-order valence-electron chi connectivity index (χ4n) is 2.36. The maximum atomic E-state index is 5.30. The molecule has 0 atom stereocenters. The van der Waals surface area contributed by atoms with Crippen molar-refractivity contribution in [3.63, 3.8) is 0 Å². The summed E-state index contributed by atoms with van der Waals surface area (Å²) >= 11 is 0. The quantitative estimate of drug-likeness (QED) is 0.696. The first-order valence-corrected chi connectivity index (χ1v) is 4.96. The Morgan fingerprint density at radius 1 is 1.25 bits per heavy atom. The second-order valence-corrected chi connectivity index (χ2v) is 4.02. The van der Waals surface area contributed by atoms with Crippen LogP contribution in [0, 0.1) is 5.41 Å². The van der Waals surface area contributed by atoms with Gasteiger partial charge in [-0.15, -0.1) is 0 Å². The molecule has 0 amide bonds. The molecule has 0 bridgehead atoms. The molecule has 2 heteroatoms. The van der Waals surface area contributed by atoms with Crippen molar-refractivity contribution < 1.29 is 4.74 Å². The van der Waals surface area contributed by atoms with Crippen LogP contribution in [0.1, 0.15) is 32.1 Å². The molecule has 1 aliphatic rings. The summed E-state index contributed by atoms with van der Waals surface area (Å²) in [6.07, 6.45) is 6.84. The van der Waals surface area contributed by atoms with Crippen LogP contribution in [0.5, 0.6) is 0 Å². The lowest BCUT2D eigenvalue weighted by Gasteiger charge is -2.36. The molecule has 1 aliphatic carbocycles. The molecule has 1 N–H and O–H groups in total. The van der Waals surface area contributed by atoms with Gasteiger partial charge in [0.25, 0.3) is 0 Å². The molecule has 0 radical (unpaired) electrons. The summed E-state index contributed by atoms with van der Waals surface area (Å²) in [5.74, 6) is 0. The van der Waals surface area contributed by atoms with Crippen LogP contribution >= 0.6 is 0 Å². The first-order chi connectivity index (χ1) is 5.83. The summed E-state index contributed by atoms with van der Waals surface area (Å²) in [5, 5.41) is 3.28. The van der Waals surface area contributed by atoms with E-state index in [9.17, 15) is 0 Å². The Labute approximate surface area is 75.7 Å². The standard InChI is InChI=1S/C10H21NO/c1-11-8-10(9-12-2)6-4-3-5-7-10/h11H,3-9H2,1-2H3. The molecule has 0 heterocycles. The van der Waals surface area contributed by atoms with Crippen molar-refractivity contribution in [1.29, 1.82) is 0 Å². The third-order valence-electron chi connectivity index (χ3n) is 2.92. The summed E-state index contributed by atoms with van der Waals surface area (Å²) in [6, 6.07) is 0. The van der Waals surface area contributed by atoms with Gasteiger partial charge < -0.3 is 10.1 Å². The third-order valence-corrected chi connectivity index (χ3v) is 2.92. The lowest BCUT2D eigenvalue weighted by molar-refractivity contribution is 0.0499. The van der Waals surface area contributed by atoms with Crippen molar-refractivity contribution in [2.75, 3.05) is 27.3 Å². The largest absolute Gasteiger partial charge is 0.384 e. The molecule has 0 aliphatic heterocycles. The van der Waals surface area contributed by atoms with Crippen LogP contribution in [0.3, 0.4) is 0 Å². The van der Waals surface area contributed by atoms with Crippen molar-refractivity contribution in [2.24, 2.45) is 5.41 Å². The van der Waals surface area contributed by atoms with Crippen molar-refractivity contribution in [3.05, 3.63) is 0 Å². The summed E-state index contributed by atoms with van der Waals surface area (Å²) < 4.78 is 5.30. The molecule has 72 valence electrons. The topological polar surface area (TPSA) is 21.3 Å². The predicted molar refractivity (Wildman–Crippen MR) is 51.3 cm³/mol. The van der Waals surface area contributed by atoms with Crippen LogP contribution in [0.4, 0.5) is 0 Å². The highest BCUT2D eigenvalue weighted by atomic mass is 16.5. The van der Waals surface area contributed by atoms with E-state index in [1.165, 1.54) is 32.1 Å². The zero-order chi connectivity index (χ0) is 8.86. The normalized spacial score (nSPS) is 22.5. The fraction of sp³-hybridized carbons (Fsp3) is 1.00. The molecular formula is C10H21NO. The third kappa shape index (κ3) is 2.46. The van der Waals surface area contributed by atoms with E-state index >= 15 is 0 Å². The van der Waals surface area contributed by atoms with Gasteiger partial charge in [-0.25, -0.2) is 0 Å². The van der Waals surface area contributed by atoms with E-state index in [2.05, 4.69) is 5.32 Å². The van der Waals surface area contributed by atoms with Gasteiger partial charge in [-0.2, -0.15) is 0 Å². The summed E-state index contributed by atoms with van der Waals surface area (Å²) in [6.45, 7) is 2.04. The van der Waals surface area contributed by atoms with Gasteiger partial charge in [0, 0.05) is 19.1 Å². The molecule has 2 nitrogen and oxygen atoms in total. The summed E-state index contributed by atoms with van der Waals surface area (Å²) in [5.41, 5.74) is 0.446. The molecule has 12 heavy (non-hydrogen) atoms. The number of ether oxygens (including phenoxy) is 1. The number of hydrogen-bond donors (Lipinski definition) is 1. The molecule has 1 rings (SSSR count). The SMILES string of the molecule is CNCC1(COC)CCCCC1. The van der Waals surface area contributed by atoms with Gasteiger partial charge in [-0.05, 0) is 19.9 Å². The Morgan fingerprint density at radius 2 is 1.92 bits per heavy atom. The molecule has 0 aromatic heterocycles. The van der Waals surface area contributed by atoms with E-state index in [0.29, 0.717) is 5.41 Å². The highest BCUT2D eigenvalue weighted by molar-refractivity contribution is 4.84. The van der Waals surface area contributed by atoms with E-state index in [-0.39, 0.29) is 0 Å². The lowest BCUT2D eigenvalue weighted by atomic mass is 9.74. The number of rotatable bonds is 4. The highest BCUT2D eigenvalue weighted by Crippen LogP contribution is 2.35. The minimum absolute atomic E-state index is 0.446. The molecule has 0 aromatic rings.